The first-order valence-corrected chi connectivity index (χ1v) is 19.8. The first kappa shape index (κ1) is 40.5. The number of nitrogen functional groups attached to an aromatic ring is 1. The van der Waals surface area contributed by atoms with Crippen LogP contribution < -0.4 is 26.0 Å². The molecule has 15 heteroatoms. The van der Waals surface area contributed by atoms with Gasteiger partial charge in [-0.25, -0.2) is 9.37 Å². The molecule has 2 aromatic heterocycles. The number of ether oxygens (including phenoxy) is 1. The Balaban J connectivity index is 1.06. The average molecular weight is 787 g/mol. The Bertz CT molecular complexity index is 2050. The second kappa shape index (κ2) is 16.9. The second-order valence-electron chi connectivity index (χ2n) is 15.9. The summed E-state index contributed by atoms with van der Waals surface area (Å²) in [5.74, 6) is -0.684. The SMILES string of the molecule is COc1ccc(F)cc1-c1cc(N2CCC(CC(=O)N[C@H](C(=O)N3C[C@H](O)C[C@H]3C(=O)N[C@@H](C)c3ccc(-c4scnc4C)cc3)C(C)(C)C)CC2)c(N)nn1. The number of nitrogens with zero attached hydrogens (tertiary/aromatic N) is 5. The Morgan fingerprint density at radius 2 is 1.79 bits per heavy atom. The molecule has 4 atom stereocenters. The van der Waals surface area contributed by atoms with E-state index in [0.717, 1.165) is 21.7 Å². The van der Waals surface area contributed by atoms with Gasteiger partial charge < -0.3 is 36.0 Å². The number of hydrogen-bond acceptors (Lipinski definition) is 11. The van der Waals surface area contributed by atoms with Crippen molar-refractivity contribution in [3.63, 3.8) is 0 Å². The van der Waals surface area contributed by atoms with Crippen molar-refractivity contribution in [1.82, 2.24) is 30.7 Å². The quantitative estimate of drug-likeness (QED) is 0.157. The van der Waals surface area contributed by atoms with Crippen molar-refractivity contribution < 1.29 is 28.6 Å². The molecule has 4 aromatic rings. The van der Waals surface area contributed by atoms with Crippen LogP contribution in [0.3, 0.4) is 0 Å². The largest absolute Gasteiger partial charge is 0.496 e. The van der Waals surface area contributed by atoms with E-state index in [1.54, 1.807) is 17.4 Å². The van der Waals surface area contributed by atoms with E-state index in [1.165, 1.54) is 30.2 Å². The Morgan fingerprint density at radius 1 is 1.07 bits per heavy atom. The number of nitrogens with one attached hydrogen (secondary N) is 2. The number of amides is 3. The van der Waals surface area contributed by atoms with Crippen molar-refractivity contribution in [3.05, 3.63) is 71.1 Å². The third kappa shape index (κ3) is 9.10. The van der Waals surface area contributed by atoms with Gasteiger partial charge in [0, 0.05) is 38.0 Å². The topological polar surface area (TPSA) is 176 Å². The van der Waals surface area contributed by atoms with E-state index in [9.17, 15) is 23.9 Å². The van der Waals surface area contributed by atoms with E-state index in [2.05, 4.69) is 30.7 Å². The normalized spacial score (nSPS) is 18.7. The second-order valence-corrected chi connectivity index (χ2v) is 16.7. The van der Waals surface area contributed by atoms with Crippen molar-refractivity contribution in [2.45, 2.75) is 84.5 Å². The summed E-state index contributed by atoms with van der Waals surface area (Å²) in [5.41, 5.74) is 11.9. The highest BCUT2D eigenvalue weighted by Gasteiger charge is 2.45. The molecule has 2 saturated heterocycles. The lowest BCUT2D eigenvalue weighted by molar-refractivity contribution is -0.144. The van der Waals surface area contributed by atoms with Crippen molar-refractivity contribution in [2.75, 3.05) is 37.4 Å². The molecule has 2 aliphatic heterocycles. The molecule has 0 bridgehead atoms. The van der Waals surface area contributed by atoms with Crippen LogP contribution in [0.15, 0.2) is 54.0 Å². The van der Waals surface area contributed by atoms with Gasteiger partial charge in [-0.15, -0.1) is 21.5 Å². The van der Waals surface area contributed by atoms with Crippen molar-refractivity contribution in [1.29, 1.82) is 0 Å². The summed E-state index contributed by atoms with van der Waals surface area (Å²) in [6.07, 6.45) is 0.828. The maximum absolute atomic E-state index is 14.2. The van der Waals surface area contributed by atoms with Crippen molar-refractivity contribution >= 4 is 40.6 Å². The number of piperidine rings is 1. The van der Waals surface area contributed by atoms with E-state index >= 15 is 0 Å². The van der Waals surface area contributed by atoms with Gasteiger partial charge in [0.2, 0.25) is 17.7 Å². The zero-order valence-corrected chi connectivity index (χ0v) is 33.5. The molecule has 4 heterocycles. The van der Waals surface area contributed by atoms with Gasteiger partial charge in [0.25, 0.3) is 0 Å². The third-order valence-corrected chi connectivity index (χ3v) is 11.7. The summed E-state index contributed by atoms with van der Waals surface area (Å²) < 4.78 is 19.5. The molecular formula is C41H51FN8O5S. The summed E-state index contributed by atoms with van der Waals surface area (Å²) in [4.78, 5) is 50.4. The molecule has 13 nitrogen and oxygen atoms in total. The highest BCUT2D eigenvalue weighted by atomic mass is 32.1. The Kier molecular flexibility index (Phi) is 12.2. The summed E-state index contributed by atoms with van der Waals surface area (Å²) in [6.45, 7) is 10.7. The fourth-order valence-corrected chi connectivity index (χ4v) is 8.34. The first-order chi connectivity index (χ1) is 26.6. The maximum Gasteiger partial charge on any atom is 0.246 e. The Hall–Kier alpha value is -5.15. The average Bonchev–Trinajstić information content (AvgIpc) is 3.79. The lowest BCUT2D eigenvalue weighted by Crippen LogP contribution is -2.58. The number of thiazole rings is 1. The molecule has 2 aromatic carbocycles. The van der Waals surface area contributed by atoms with Gasteiger partial charge >= 0.3 is 0 Å². The van der Waals surface area contributed by atoms with Gasteiger partial charge in [0.15, 0.2) is 5.82 Å². The number of likely N-dealkylation sites (tertiary alicyclic amines) is 1. The molecule has 0 spiro atoms. The molecule has 0 unspecified atom stereocenters. The number of β-amino-alcohol motifs (C(OH)–C–C–N with tert-alkyl or cyclic N) is 1. The van der Waals surface area contributed by atoms with Gasteiger partial charge in [-0.05, 0) is 73.4 Å². The van der Waals surface area contributed by atoms with Crippen LogP contribution in [0.1, 0.15) is 70.7 Å². The molecule has 298 valence electrons. The lowest BCUT2D eigenvalue weighted by atomic mass is 9.85. The number of anilines is 2. The van der Waals surface area contributed by atoms with E-state index in [4.69, 9.17) is 10.5 Å². The Labute approximate surface area is 330 Å². The molecule has 3 amide bonds. The van der Waals surface area contributed by atoms with Crippen LogP contribution in [0.2, 0.25) is 0 Å². The number of nitrogens with two attached hydrogens (primary N) is 1. The number of hydrogen-bond donors (Lipinski definition) is 4. The minimum absolute atomic E-state index is 0.00416. The third-order valence-electron chi connectivity index (χ3n) is 10.7. The van der Waals surface area contributed by atoms with Crippen LogP contribution in [0.5, 0.6) is 5.75 Å². The van der Waals surface area contributed by atoms with Crippen LogP contribution in [-0.4, -0.2) is 87.8 Å². The summed E-state index contributed by atoms with van der Waals surface area (Å²) in [5, 5.41) is 25.0. The number of rotatable bonds is 11. The molecule has 6 rings (SSSR count). The lowest BCUT2D eigenvalue weighted by Gasteiger charge is -2.36. The smallest absolute Gasteiger partial charge is 0.246 e. The van der Waals surface area contributed by atoms with E-state index in [-0.39, 0.29) is 49.0 Å². The van der Waals surface area contributed by atoms with E-state index in [1.807, 2.05) is 64.4 Å². The van der Waals surface area contributed by atoms with Gasteiger partial charge in [0.05, 0.1) is 46.7 Å². The predicted octanol–water partition coefficient (Wildman–Crippen LogP) is 5.28. The zero-order valence-electron chi connectivity index (χ0n) is 32.7. The minimum atomic E-state index is -0.920. The van der Waals surface area contributed by atoms with Crippen LogP contribution >= 0.6 is 11.3 Å². The summed E-state index contributed by atoms with van der Waals surface area (Å²) in [6, 6.07) is 11.8. The Morgan fingerprint density at radius 3 is 2.43 bits per heavy atom. The van der Waals surface area contributed by atoms with Gasteiger partial charge in [-0.2, -0.15) is 0 Å². The molecule has 2 aliphatic rings. The van der Waals surface area contributed by atoms with Gasteiger partial charge in [-0.1, -0.05) is 45.0 Å². The van der Waals surface area contributed by atoms with Crippen molar-refractivity contribution in [2.24, 2.45) is 11.3 Å². The van der Waals surface area contributed by atoms with E-state index < -0.39 is 35.3 Å². The number of benzene rings is 2. The standard InChI is InChI=1S/C41H51FN8O5S/c1-23(26-7-9-27(10-8-26)36-24(2)44-22-56-36)45-39(53)33-19-29(51)21-50(33)40(54)37(41(3,4)5)46-35(52)17-25-13-15-49(16-14-25)32-20-31(47-48-38(32)43)30-18-28(42)11-12-34(30)55-6/h7-12,18,20,22-23,25,29,33,37,51H,13-17,19,21H2,1-6H3,(H2,43,48)(H,45,53)(H,46,52)/t23-,29+,33-,37+/m0/s1. The fraction of sp³-hybridized carbons (Fsp3) is 0.463. The minimum Gasteiger partial charge on any atom is -0.496 e. The molecule has 5 N–H and O–H groups in total. The van der Waals surface area contributed by atoms with E-state index in [0.29, 0.717) is 48.6 Å². The number of carbonyl (C=O) groups excluding carboxylic acids is 3. The molecule has 56 heavy (non-hydrogen) atoms. The number of methoxy groups -OCH3 is 1. The number of aliphatic hydroxyl groups is 1. The molecule has 2 fully saturated rings. The molecule has 0 radical (unpaired) electrons. The predicted molar refractivity (Wildman–Crippen MR) is 214 cm³/mol. The highest BCUT2D eigenvalue weighted by Crippen LogP contribution is 2.35. The maximum atomic E-state index is 14.2. The fourth-order valence-electron chi connectivity index (χ4n) is 7.53. The van der Waals surface area contributed by atoms with Crippen LogP contribution in [-0.2, 0) is 14.4 Å². The number of aromatic nitrogens is 3. The molecule has 0 aliphatic carbocycles. The van der Waals surface area contributed by atoms with Gasteiger partial charge in [0.1, 0.15) is 23.7 Å². The number of halogens is 1. The van der Waals surface area contributed by atoms with Crippen LogP contribution in [0.4, 0.5) is 15.9 Å². The summed E-state index contributed by atoms with van der Waals surface area (Å²) >= 11 is 1.58. The zero-order chi connectivity index (χ0) is 40.3. The van der Waals surface area contributed by atoms with Crippen LogP contribution in [0, 0.1) is 24.1 Å². The van der Waals surface area contributed by atoms with Gasteiger partial charge in [-0.3, -0.25) is 14.4 Å². The molecular weight excluding hydrogens is 736 g/mol. The summed E-state index contributed by atoms with van der Waals surface area (Å²) in [7, 11) is 1.50. The highest BCUT2D eigenvalue weighted by molar-refractivity contribution is 7.13. The number of aryl methyl sites for hydroxylation is 1. The van der Waals surface area contributed by atoms with Crippen LogP contribution in [0.25, 0.3) is 21.7 Å². The number of aliphatic hydroxyl groups excluding tert-OH is 1. The molecule has 0 saturated carbocycles. The van der Waals surface area contributed by atoms with Crippen molar-refractivity contribution in [3.8, 4) is 27.4 Å². The monoisotopic (exact) mass is 786 g/mol. The number of carbonyl (C=O) groups is 3. The first-order valence-electron chi connectivity index (χ1n) is 18.9.